The van der Waals surface area contributed by atoms with Crippen molar-refractivity contribution in [3.05, 3.63) is 200 Å². The van der Waals surface area contributed by atoms with Crippen molar-refractivity contribution in [2.45, 2.75) is 0 Å². The van der Waals surface area contributed by atoms with Crippen molar-refractivity contribution < 1.29 is 0 Å². The fraction of sp³-hybridized carbons (Fsp3) is 0. The van der Waals surface area contributed by atoms with Crippen molar-refractivity contribution in [1.82, 2.24) is 0 Å². The summed E-state index contributed by atoms with van der Waals surface area (Å²) in [5, 5.41) is 7.72. The van der Waals surface area contributed by atoms with E-state index < -0.39 is 0 Å². The van der Waals surface area contributed by atoms with E-state index >= 15 is 0 Å². The molecule has 1 heteroatoms. The SMILES string of the molecule is c1ccc(-c2ccc(-c3cccc(N(c4ccccc4)c4ccc(-c5ccc6c(ccc7ccc8ccccc8c76)c5)cc4)c3)cc2)cc1. The predicted octanol–water partition coefficient (Wildman–Crippen LogP) is 13.6. The third-order valence-electron chi connectivity index (χ3n) is 9.63. The molecule has 0 saturated heterocycles. The van der Waals surface area contributed by atoms with Gasteiger partial charge in [-0.3, -0.25) is 0 Å². The zero-order valence-corrected chi connectivity index (χ0v) is 27.0. The predicted molar refractivity (Wildman–Crippen MR) is 210 cm³/mol. The van der Waals surface area contributed by atoms with E-state index in [1.165, 1.54) is 65.7 Å². The first-order valence-electron chi connectivity index (χ1n) is 16.8. The minimum atomic E-state index is 1.12. The Morgan fingerprint density at radius 1 is 0.245 bits per heavy atom. The van der Waals surface area contributed by atoms with Gasteiger partial charge in [-0.05, 0) is 108 Å². The largest absolute Gasteiger partial charge is 0.310 e. The van der Waals surface area contributed by atoms with Crippen molar-refractivity contribution in [2.75, 3.05) is 4.90 Å². The quantitative estimate of drug-likeness (QED) is 0.167. The Hall–Kier alpha value is -6.44. The number of para-hydroxylation sites is 1. The van der Waals surface area contributed by atoms with Gasteiger partial charge in [-0.1, -0.05) is 158 Å². The summed E-state index contributed by atoms with van der Waals surface area (Å²) in [6.07, 6.45) is 0. The Morgan fingerprint density at radius 2 is 0.714 bits per heavy atom. The first-order valence-corrected chi connectivity index (χ1v) is 16.8. The molecule has 0 amide bonds. The third-order valence-corrected chi connectivity index (χ3v) is 9.63. The number of fused-ring (bicyclic) bond motifs is 5. The summed E-state index contributed by atoms with van der Waals surface area (Å²) in [6, 6.07) is 72.3. The van der Waals surface area contributed by atoms with Gasteiger partial charge >= 0.3 is 0 Å². The summed E-state index contributed by atoms with van der Waals surface area (Å²) in [5.74, 6) is 0. The molecule has 0 radical (unpaired) electrons. The van der Waals surface area contributed by atoms with Gasteiger partial charge in [-0.25, -0.2) is 0 Å². The molecule has 0 fully saturated rings. The number of hydrogen-bond donors (Lipinski definition) is 0. The Bertz CT molecular complexity index is 2570. The number of rotatable bonds is 6. The van der Waals surface area contributed by atoms with Crippen molar-refractivity contribution >= 4 is 49.4 Å². The van der Waals surface area contributed by atoms with E-state index in [2.05, 4.69) is 205 Å². The Labute approximate surface area is 287 Å². The van der Waals surface area contributed by atoms with Gasteiger partial charge in [0.15, 0.2) is 0 Å². The second kappa shape index (κ2) is 12.3. The van der Waals surface area contributed by atoms with Crippen molar-refractivity contribution in [3.63, 3.8) is 0 Å². The number of benzene rings is 9. The van der Waals surface area contributed by atoms with E-state index in [0.717, 1.165) is 17.1 Å². The van der Waals surface area contributed by atoms with Crippen LogP contribution in [0.4, 0.5) is 17.1 Å². The van der Waals surface area contributed by atoms with E-state index in [-0.39, 0.29) is 0 Å². The molecule has 0 spiro atoms. The van der Waals surface area contributed by atoms with Gasteiger partial charge in [0.25, 0.3) is 0 Å². The molecule has 0 bridgehead atoms. The number of anilines is 3. The second-order valence-electron chi connectivity index (χ2n) is 12.6. The average molecular weight is 624 g/mol. The van der Waals surface area contributed by atoms with Crippen LogP contribution in [0.15, 0.2) is 200 Å². The Morgan fingerprint density at radius 3 is 1.47 bits per heavy atom. The lowest BCUT2D eigenvalue weighted by molar-refractivity contribution is 1.28. The smallest absolute Gasteiger partial charge is 0.0467 e. The Balaban J connectivity index is 1.07. The fourth-order valence-corrected chi connectivity index (χ4v) is 7.15. The highest BCUT2D eigenvalue weighted by atomic mass is 15.1. The number of hydrogen-bond acceptors (Lipinski definition) is 1. The lowest BCUT2D eigenvalue weighted by Gasteiger charge is -2.26. The zero-order chi connectivity index (χ0) is 32.6. The van der Waals surface area contributed by atoms with Crippen LogP contribution >= 0.6 is 0 Å². The maximum absolute atomic E-state index is 2.34. The van der Waals surface area contributed by atoms with Crippen LogP contribution in [0.5, 0.6) is 0 Å². The van der Waals surface area contributed by atoms with E-state index in [1.807, 2.05) is 0 Å². The molecule has 9 aromatic rings. The van der Waals surface area contributed by atoms with E-state index in [4.69, 9.17) is 0 Å². The molecule has 0 aliphatic carbocycles. The fourth-order valence-electron chi connectivity index (χ4n) is 7.15. The first-order chi connectivity index (χ1) is 24.3. The molecule has 1 nitrogen and oxygen atoms in total. The van der Waals surface area contributed by atoms with Crippen LogP contribution in [0.1, 0.15) is 0 Å². The lowest BCUT2D eigenvalue weighted by Crippen LogP contribution is -2.09. The highest BCUT2D eigenvalue weighted by Crippen LogP contribution is 2.39. The van der Waals surface area contributed by atoms with Gasteiger partial charge in [0.2, 0.25) is 0 Å². The standard InChI is InChI=1S/C48H33N/c1-3-10-34(11-4-1)35-18-20-36(21-19-35)40-13-9-16-45(33-40)49(43-14-5-2-6-15-43)44-29-26-37(27-30-44)41-28-31-47-42(32-41)25-24-39-23-22-38-12-7-8-17-46(38)48(39)47/h1-33H. The third kappa shape index (κ3) is 5.42. The average Bonchev–Trinajstić information content (AvgIpc) is 3.19. The summed E-state index contributed by atoms with van der Waals surface area (Å²) >= 11 is 0. The summed E-state index contributed by atoms with van der Waals surface area (Å²) in [5.41, 5.74) is 10.6. The molecular formula is C48H33N. The molecule has 0 saturated carbocycles. The van der Waals surface area contributed by atoms with Crippen molar-refractivity contribution in [2.24, 2.45) is 0 Å². The van der Waals surface area contributed by atoms with Crippen LogP contribution in [-0.4, -0.2) is 0 Å². The molecule has 49 heavy (non-hydrogen) atoms. The summed E-state index contributed by atoms with van der Waals surface area (Å²) in [6.45, 7) is 0. The van der Waals surface area contributed by atoms with Crippen LogP contribution in [0.3, 0.4) is 0 Å². The minimum Gasteiger partial charge on any atom is -0.310 e. The molecule has 0 aliphatic heterocycles. The second-order valence-corrected chi connectivity index (χ2v) is 12.6. The lowest BCUT2D eigenvalue weighted by atomic mass is 9.94. The van der Waals surface area contributed by atoms with Crippen molar-refractivity contribution in [3.8, 4) is 33.4 Å². The molecule has 0 atom stereocenters. The zero-order valence-electron chi connectivity index (χ0n) is 27.0. The van der Waals surface area contributed by atoms with E-state index in [0.29, 0.717) is 0 Å². The van der Waals surface area contributed by atoms with Gasteiger partial charge in [-0.15, -0.1) is 0 Å². The topological polar surface area (TPSA) is 3.24 Å². The molecule has 0 unspecified atom stereocenters. The summed E-state index contributed by atoms with van der Waals surface area (Å²) < 4.78 is 0. The molecule has 0 N–H and O–H groups in total. The highest BCUT2D eigenvalue weighted by Gasteiger charge is 2.14. The van der Waals surface area contributed by atoms with Gasteiger partial charge in [0.1, 0.15) is 0 Å². The van der Waals surface area contributed by atoms with Gasteiger partial charge in [0, 0.05) is 17.1 Å². The van der Waals surface area contributed by atoms with Crippen LogP contribution in [-0.2, 0) is 0 Å². The van der Waals surface area contributed by atoms with Crippen molar-refractivity contribution in [1.29, 1.82) is 0 Å². The van der Waals surface area contributed by atoms with Gasteiger partial charge in [0.05, 0.1) is 0 Å². The molecule has 230 valence electrons. The van der Waals surface area contributed by atoms with Crippen LogP contribution in [0.25, 0.3) is 65.7 Å². The molecular weight excluding hydrogens is 591 g/mol. The van der Waals surface area contributed by atoms with Gasteiger partial charge in [-0.2, -0.15) is 0 Å². The molecule has 0 heterocycles. The first kappa shape index (κ1) is 28.8. The van der Waals surface area contributed by atoms with E-state index in [9.17, 15) is 0 Å². The molecule has 9 aromatic carbocycles. The minimum absolute atomic E-state index is 1.12. The van der Waals surface area contributed by atoms with Crippen LogP contribution < -0.4 is 4.90 Å². The van der Waals surface area contributed by atoms with Crippen LogP contribution in [0.2, 0.25) is 0 Å². The normalized spacial score (nSPS) is 11.3. The summed E-state index contributed by atoms with van der Waals surface area (Å²) in [4.78, 5) is 2.34. The van der Waals surface area contributed by atoms with E-state index in [1.54, 1.807) is 0 Å². The number of nitrogens with zero attached hydrogens (tertiary/aromatic N) is 1. The molecule has 0 aromatic heterocycles. The monoisotopic (exact) mass is 623 g/mol. The maximum Gasteiger partial charge on any atom is 0.0467 e. The molecule has 9 rings (SSSR count). The molecule has 0 aliphatic rings. The summed E-state index contributed by atoms with van der Waals surface area (Å²) in [7, 11) is 0. The maximum atomic E-state index is 2.34. The van der Waals surface area contributed by atoms with Gasteiger partial charge < -0.3 is 4.90 Å². The Kier molecular flexibility index (Phi) is 7.22. The van der Waals surface area contributed by atoms with Crippen LogP contribution in [0, 0.1) is 0 Å². The highest BCUT2D eigenvalue weighted by molar-refractivity contribution is 6.20.